The van der Waals surface area contributed by atoms with E-state index in [9.17, 15) is 4.39 Å². The molecule has 0 spiro atoms. The summed E-state index contributed by atoms with van der Waals surface area (Å²) in [6.45, 7) is 0.154. The van der Waals surface area contributed by atoms with Gasteiger partial charge in [-0.15, -0.1) is 0 Å². The molecule has 0 aliphatic heterocycles. The molecule has 0 aliphatic carbocycles. The minimum absolute atomic E-state index is 0.0429. The lowest BCUT2D eigenvalue weighted by Gasteiger charge is -2.09. The molecule has 96 valence electrons. The Labute approximate surface area is 113 Å². The van der Waals surface area contributed by atoms with Crippen LogP contribution in [-0.4, -0.2) is 14.6 Å². The summed E-state index contributed by atoms with van der Waals surface area (Å²) in [6.07, 6.45) is 1.45. The SMILES string of the molecule is Fc1cccc(Cl)c1OCc1cccc2ncnn12. The molecule has 3 rings (SSSR count). The number of hydrogen-bond donors (Lipinski definition) is 0. The number of ether oxygens (including phenoxy) is 1. The van der Waals surface area contributed by atoms with Crippen molar-refractivity contribution in [1.29, 1.82) is 0 Å². The Morgan fingerprint density at radius 1 is 1.21 bits per heavy atom. The van der Waals surface area contributed by atoms with E-state index < -0.39 is 5.82 Å². The van der Waals surface area contributed by atoms with Gasteiger partial charge >= 0.3 is 0 Å². The minimum Gasteiger partial charge on any atom is -0.483 e. The Morgan fingerprint density at radius 2 is 2.05 bits per heavy atom. The maximum atomic E-state index is 13.6. The van der Waals surface area contributed by atoms with Gasteiger partial charge in [-0.1, -0.05) is 23.7 Å². The number of benzene rings is 1. The standard InChI is InChI=1S/C13H9ClFN3O/c14-10-4-2-5-11(15)13(10)19-7-9-3-1-6-12-16-8-17-18(9)12/h1-6,8H,7H2. The number of halogens is 2. The fourth-order valence-electron chi connectivity index (χ4n) is 1.78. The zero-order valence-electron chi connectivity index (χ0n) is 9.75. The van der Waals surface area contributed by atoms with Crippen molar-refractivity contribution < 1.29 is 9.13 Å². The lowest BCUT2D eigenvalue weighted by Crippen LogP contribution is -2.04. The molecule has 0 N–H and O–H groups in total. The first-order valence-electron chi connectivity index (χ1n) is 5.60. The van der Waals surface area contributed by atoms with Crippen LogP contribution < -0.4 is 4.74 Å². The summed E-state index contributed by atoms with van der Waals surface area (Å²) < 4.78 is 20.6. The number of hydrogen-bond acceptors (Lipinski definition) is 3. The van der Waals surface area contributed by atoms with E-state index in [1.54, 1.807) is 10.6 Å². The summed E-state index contributed by atoms with van der Waals surface area (Å²) in [5.41, 5.74) is 1.47. The van der Waals surface area contributed by atoms with Crippen molar-refractivity contribution in [3.63, 3.8) is 0 Å². The fraction of sp³-hybridized carbons (Fsp3) is 0.0769. The van der Waals surface area contributed by atoms with E-state index >= 15 is 0 Å². The Morgan fingerprint density at radius 3 is 2.89 bits per heavy atom. The van der Waals surface area contributed by atoms with E-state index in [0.29, 0.717) is 5.65 Å². The van der Waals surface area contributed by atoms with Crippen LogP contribution in [0.25, 0.3) is 5.65 Å². The van der Waals surface area contributed by atoms with Crippen LogP contribution in [0.4, 0.5) is 4.39 Å². The second kappa shape index (κ2) is 4.85. The lowest BCUT2D eigenvalue weighted by molar-refractivity contribution is 0.283. The van der Waals surface area contributed by atoms with Gasteiger partial charge in [0.05, 0.1) is 10.7 Å². The normalized spacial score (nSPS) is 10.8. The highest BCUT2D eigenvalue weighted by Crippen LogP contribution is 2.27. The number of nitrogens with zero attached hydrogens (tertiary/aromatic N) is 3. The highest BCUT2D eigenvalue weighted by Gasteiger charge is 2.09. The highest BCUT2D eigenvalue weighted by molar-refractivity contribution is 6.32. The minimum atomic E-state index is -0.488. The number of rotatable bonds is 3. The van der Waals surface area contributed by atoms with E-state index in [1.165, 1.54) is 18.5 Å². The molecule has 19 heavy (non-hydrogen) atoms. The van der Waals surface area contributed by atoms with Crippen LogP contribution in [0.1, 0.15) is 5.69 Å². The van der Waals surface area contributed by atoms with Gasteiger partial charge in [-0.2, -0.15) is 5.10 Å². The third kappa shape index (κ3) is 2.24. The lowest BCUT2D eigenvalue weighted by atomic mass is 10.3. The van der Waals surface area contributed by atoms with Crippen LogP contribution in [0.3, 0.4) is 0 Å². The van der Waals surface area contributed by atoms with Crippen molar-refractivity contribution in [1.82, 2.24) is 14.6 Å². The number of aromatic nitrogens is 3. The van der Waals surface area contributed by atoms with Crippen LogP contribution in [0, 0.1) is 5.82 Å². The van der Waals surface area contributed by atoms with Gasteiger partial charge in [-0.05, 0) is 24.3 Å². The van der Waals surface area contributed by atoms with E-state index in [0.717, 1.165) is 5.69 Å². The van der Waals surface area contributed by atoms with Crippen molar-refractivity contribution >= 4 is 17.2 Å². The van der Waals surface area contributed by atoms with E-state index in [4.69, 9.17) is 16.3 Å². The molecule has 0 fully saturated rings. The molecule has 1 aromatic carbocycles. The molecule has 0 radical (unpaired) electrons. The van der Waals surface area contributed by atoms with Gasteiger partial charge in [-0.25, -0.2) is 13.9 Å². The second-order valence-corrected chi connectivity index (χ2v) is 4.29. The van der Waals surface area contributed by atoms with Gasteiger partial charge in [0.2, 0.25) is 0 Å². The van der Waals surface area contributed by atoms with Crippen LogP contribution in [0.2, 0.25) is 5.02 Å². The van der Waals surface area contributed by atoms with Gasteiger partial charge in [0.25, 0.3) is 0 Å². The summed E-state index contributed by atoms with van der Waals surface area (Å²) in [4.78, 5) is 4.07. The Bertz CT molecular complexity index is 708. The van der Waals surface area contributed by atoms with Gasteiger partial charge in [0, 0.05) is 0 Å². The van der Waals surface area contributed by atoms with Crippen LogP contribution >= 0.6 is 11.6 Å². The van der Waals surface area contributed by atoms with Crippen molar-refractivity contribution in [3.05, 3.63) is 59.3 Å². The summed E-state index contributed by atoms with van der Waals surface area (Å²) in [5, 5.41) is 4.32. The first-order chi connectivity index (χ1) is 9.25. The van der Waals surface area contributed by atoms with Crippen molar-refractivity contribution in [3.8, 4) is 5.75 Å². The predicted molar refractivity (Wildman–Crippen MR) is 68.7 cm³/mol. The largest absolute Gasteiger partial charge is 0.483 e. The topological polar surface area (TPSA) is 39.4 Å². The van der Waals surface area contributed by atoms with Crippen LogP contribution in [0.5, 0.6) is 5.75 Å². The predicted octanol–water partition coefficient (Wildman–Crippen LogP) is 3.10. The number of para-hydroxylation sites is 1. The zero-order valence-corrected chi connectivity index (χ0v) is 10.5. The Kier molecular flexibility index (Phi) is 3.05. The van der Waals surface area contributed by atoms with Crippen LogP contribution in [-0.2, 0) is 6.61 Å². The summed E-state index contributed by atoms with van der Waals surface area (Å²) in [5.74, 6) is -0.445. The quantitative estimate of drug-likeness (QED) is 0.738. The van der Waals surface area contributed by atoms with Gasteiger partial charge in [0.15, 0.2) is 17.2 Å². The first kappa shape index (κ1) is 11.9. The molecule has 4 nitrogen and oxygen atoms in total. The Hall–Kier alpha value is -2.14. The molecule has 0 saturated heterocycles. The number of pyridine rings is 1. The molecule has 0 saturated carbocycles. The molecule has 0 bridgehead atoms. The second-order valence-electron chi connectivity index (χ2n) is 3.89. The third-order valence-electron chi connectivity index (χ3n) is 2.66. The van der Waals surface area contributed by atoms with E-state index in [-0.39, 0.29) is 17.4 Å². The van der Waals surface area contributed by atoms with Crippen molar-refractivity contribution in [2.45, 2.75) is 6.61 Å². The average molecular weight is 278 g/mol. The zero-order chi connectivity index (χ0) is 13.2. The third-order valence-corrected chi connectivity index (χ3v) is 2.96. The maximum absolute atomic E-state index is 13.6. The summed E-state index contributed by atoms with van der Waals surface area (Å²) in [7, 11) is 0. The average Bonchev–Trinajstić information content (AvgIpc) is 2.87. The fourth-order valence-corrected chi connectivity index (χ4v) is 1.99. The molecule has 2 heterocycles. The van der Waals surface area contributed by atoms with Crippen molar-refractivity contribution in [2.75, 3.05) is 0 Å². The summed E-state index contributed by atoms with van der Waals surface area (Å²) >= 11 is 5.89. The van der Waals surface area contributed by atoms with E-state index in [1.807, 2.05) is 18.2 Å². The first-order valence-corrected chi connectivity index (χ1v) is 5.98. The molecule has 2 aromatic heterocycles. The van der Waals surface area contributed by atoms with Gasteiger partial charge < -0.3 is 4.74 Å². The molecule has 3 aromatic rings. The molecule has 0 amide bonds. The van der Waals surface area contributed by atoms with E-state index in [2.05, 4.69) is 10.1 Å². The maximum Gasteiger partial charge on any atom is 0.174 e. The summed E-state index contributed by atoms with van der Waals surface area (Å²) in [6, 6.07) is 9.91. The monoisotopic (exact) mass is 277 g/mol. The number of fused-ring (bicyclic) bond motifs is 1. The Balaban J connectivity index is 1.88. The van der Waals surface area contributed by atoms with Crippen LogP contribution in [0.15, 0.2) is 42.7 Å². The smallest absolute Gasteiger partial charge is 0.174 e. The van der Waals surface area contributed by atoms with Gasteiger partial charge in [-0.3, -0.25) is 0 Å². The highest BCUT2D eigenvalue weighted by atomic mass is 35.5. The molecular formula is C13H9ClFN3O. The molecular weight excluding hydrogens is 269 g/mol. The van der Waals surface area contributed by atoms with Crippen molar-refractivity contribution in [2.24, 2.45) is 0 Å². The van der Waals surface area contributed by atoms with Gasteiger partial charge in [0.1, 0.15) is 12.9 Å². The molecule has 0 aliphatic rings. The molecule has 6 heteroatoms. The molecule has 0 atom stereocenters. The molecule has 0 unspecified atom stereocenters.